The monoisotopic (exact) mass is 265 g/mol. The SMILES string of the molecule is COc1ccc(C(C)(O)C2CCNCC2)c(OC)c1. The second-order valence-electron chi connectivity index (χ2n) is 5.24. The van der Waals surface area contributed by atoms with Crippen molar-refractivity contribution in [2.75, 3.05) is 27.3 Å². The van der Waals surface area contributed by atoms with Crippen LogP contribution in [0.25, 0.3) is 0 Å². The van der Waals surface area contributed by atoms with Crippen molar-refractivity contribution in [1.29, 1.82) is 0 Å². The highest BCUT2D eigenvalue weighted by Gasteiger charge is 2.36. The number of piperidine rings is 1. The van der Waals surface area contributed by atoms with Gasteiger partial charge >= 0.3 is 0 Å². The van der Waals surface area contributed by atoms with Crippen molar-refractivity contribution in [3.63, 3.8) is 0 Å². The summed E-state index contributed by atoms with van der Waals surface area (Å²) in [4.78, 5) is 0. The van der Waals surface area contributed by atoms with Crippen LogP contribution in [0.15, 0.2) is 18.2 Å². The molecule has 0 bridgehead atoms. The summed E-state index contributed by atoms with van der Waals surface area (Å²) in [5.74, 6) is 1.67. The van der Waals surface area contributed by atoms with Gasteiger partial charge in [-0.2, -0.15) is 0 Å². The van der Waals surface area contributed by atoms with Gasteiger partial charge in [-0.25, -0.2) is 0 Å². The van der Waals surface area contributed by atoms with Gasteiger partial charge in [0.15, 0.2) is 0 Å². The molecule has 0 amide bonds. The van der Waals surface area contributed by atoms with E-state index in [1.807, 2.05) is 25.1 Å². The van der Waals surface area contributed by atoms with Crippen LogP contribution < -0.4 is 14.8 Å². The predicted molar refractivity (Wildman–Crippen MR) is 74.7 cm³/mol. The molecule has 2 N–H and O–H groups in total. The fourth-order valence-corrected chi connectivity index (χ4v) is 2.82. The molecule has 4 heteroatoms. The predicted octanol–water partition coefficient (Wildman–Crippen LogP) is 1.91. The summed E-state index contributed by atoms with van der Waals surface area (Å²) in [7, 11) is 3.25. The number of rotatable bonds is 4. The van der Waals surface area contributed by atoms with Crippen LogP contribution in [0, 0.1) is 5.92 Å². The molecule has 19 heavy (non-hydrogen) atoms. The Bertz CT molecular complexity index is 425. The molecule has 0 aromatic heterocycles. The summed E-state index contributed by atoms with van der Waals surface area (Å²) >= 11 is 0. The lowest BCUT2D eigenvalue weighted by molar-refractivity contribution is -0.0204. The Hall–Kier alpha value is -1.26. The molecule has 1 unspecified atom stereocenters. The van der Waals surface area contributed by atoms with Crippen LogP contribution in [0.1, 0.15) is 25.3 Å². The minimum atomic E-state index is -0.875. The van der Waals surface area contributed by atoms with Gasteiger partial charge in [0.1, 0.15) is 11.5 Å². The minimum absolute atomic E-state index is 0.246. The molecule has 1 aromatic carbocycles. The lowest BCUT2D eigenvalue weighted by atomic mass is 9.77. The van der Waals surface area contributed by atoms with Gasteiger partial charge in [0.05, 0.1) is 19.8 Å². The third kappa shape index (κ3) is 2.85. The van der Waals surface area contributed by atoms with E-state index >= 15 is 0 Å². The molecule has 1 saturated heterocycles. The molecule has 0 spiro atoms. The molecular weight excluding hydrogens is 242 g/mol. The zero-order valence-corrected chi connectivity index (χ0v) is 11.9. The quantitative estimate of drug-likeness (QED) is 0.873. The van der Waals surface area contributed by atoms with Gasteiger partial charge in [-0.3, -0.25) is 0 Å². The highest BCUT2D eigenvalue weighted by molar-refractivity contribution is 5.44. The number of hydrogen-bond acceptors (Lipinski definition) is 4. The maximum absolute atomic E-state index is 10.9. The van der Waals surface area contributed by atoms with Crippen LogP contribution in [0.2, 0.25) is 0 Å². The van der Waals surface area contributed by atoms with Crippen LogP contribution in [-0.4, -0.2) is 32.4 Å². The maximum atomic E-state index is 10.9. The first kappa shape index (κ1) is 14.2. The first-order valence-corrected chi connectivity index (χ1v) is 6.75. The fourth-order valence-electron chi connectivity index (χ4n) is 2.82. The van der Waals surface area contributed by atoms with Gasteiger partial charge in [-0.15, -0.1) is 0 Å². The van der Waals surface area contributed by atoms with Crippen molar-refractivity contribution < 1.29 is 14.6 Å². The smallest absolute Gasteiger partial charge is 0.128 e. The first-order chi connectivity index (χ1) is 9.09. The van der Waals surface area contributed by atoms with E-state index in [2.05, 4.69) is 5.32 Å². The van der Waals surface area contributed by atoms with Gasteiger partial charge in [-0.1, -0.05) is 0 Å². The Balaban J connectivity index is 2.32. The third-order valence-electron chi connectivity index (χ3n) is 4.09. The normalized spacial score (nSPS) is 19.8. The van der Waals surface area contributed by atoms with Crippen molar-refractivity contribution in [1.82, 2.24) is 5.32 Å². The average molecular weight is 265 g/mol. The van der Waals surface area contributed by atoms with Gasteiger partial charge in [0.2, 0.25) is 0 Å². The Kier molecular flexibility index (Phi) is 4.32. The molecule has 106 valence electrons. The van der Waals surface area contributed by atoms with Crippen molar-refractivity contribution in [2.45, 2.75) is 25.4 Å². The summed E-state index contributed by atoms with van der Waals surface area (Å²) in [6.07, 6.45) is 1.95. The topological polar surface area (TPSA) is 50.7 Å². The summed E-state index contributed by atoms with van der Waals surface area (Å²) in [6, 6.07) is 5.60. The highest BCUT2D eigenvalue weighted by Crippen LogP contribution is 2.40. The van der Waals surface area contributed by atoms with E-state index in [4.69, 9.17) is 9.47 Å². The lowest BCUT2D eigenvalue weighted by Crippen LogP contribution is -2.40. The van der Waals surface area contributed by atoms with E-state index in [0.717, 1.165) is 37.2 Å². The lowest BCUT2D eigenvalue weighted by Gasteiger charge is -2.37. The molecule has 1 aliphatic heterocycles. The Morgan fingerprint density at radius 2 is 1.89 bits per heavy atom. The molecule has 1 atom stereocenters. The number of nitrogens with one attached hydrogen (secondary N) is 1. The highest BCUT2D eigenvalue weighted by atomic mass is 16.5. The van der Waals surface area contributed by atoms with Crippen molar-refractivity contribution >= 4 is 0 Å². The van der Waals surface area contributed by atoms with E-state index < -0.39 is 5.60 Å². The molecule has 1 fully saturated rings. The fraction of sp³-hybridized carbons (Fsp3) is 0.600. The summed E-state index contributed by atoms with van der Waals surface area (Å²) in [5.41, 5.74) is -0.0394. The van der Waals surface area contributed by atoms with Crippen molar-refractivity contribution in [3.05, 3.63) is 23.8 Å². The summed E-state index contributed by atoms with van der Waals surface area (Å²) in [5, 5.41) is 14.3. The average Bonchev–Trinajstić information content (AvgIpc) is 2.47. The zero-order valence-electron chi connectivity index (χ0n) is 11.9. The third-order valence-corrected chi connectivity index (χ3v) is 4.09. The van der Waals surface area contributed by atoms with E-state index in [-0.39, 0.29) is 5.92 Å². The van der Waals surface area contributed by atoms with Gasteiger partial charge in [0, 0.05) is 11.6 Å². The first-order valence-electron chi connectivity index (χ1n) is 6.75. The van der Waals surface area contributed by atoms with E-state index in [9.17, 15) is 5.11 Å². The molecule has 1 aromatic rings. The Morgan fingerprint density at radius 1 is 1.21 bits per heavy atom. The summed E-state index contributed by atoms with van der Waals surface area (Å²) < 4.78 is 10.6. The molecule has 1 heterocycles. The molecule has 0 radical (unpaired) electrons. The molecule has 2 rings (SSSR count). The summed E-state index contributed by atoms with van der Waals surface area (Å²) in [6.45, 7) is 3.80. The van der Waals surface area contributed by atoms with Gasteiger partial charge < -0.3 is 19.9 Å². The number of ether oxygens (including phenoxy) is 2. The molecule has 4 nitrogen and oxygen atoms in total. The van der Waals surface area contributed by atoms with Gasteiger partial charge in [-0.05, 0) is 50.9 Å². The second kappa shape index (κ2) is 5.80. The molecule has 0 saturated carbocycles. The number of hydrogen-bond donors (Lipinski definition) is 2. The van der Waals surface area contributed by atoms with Crippen molar-refractivity contribution in [3.8, 4) is 11.5 Å². The number of benzene rings is 1. The van der Waals surface area contributed by atoms with E-state index in [1.54, 1.807) is 14.2 Å². The van der Waals surface area contributed by atoms with Gasteiger partial charge in [0.25, 0.3) is 0 Å². The molecular formula is C15H23NO3. The maximum Gasteiger partial charge on any atom is 0.128 e. The van der Waals surface area contributed by atoms with E-state index in [0.29, 0.717) is 5.75 Å². The Labute approximate surface area is 114 Å². The van der Waals surface area contributed by atoms with Crippen LogP contribution in [0.3, 0.4) is 0 Å². The van der Waals surface area contributed by atoms with Crippen LogP contribution in [0.5, 0.6) is 11.5 Å². The largest absolute Gasteiger partial charge is 0.497 e. The number of methoxy groups -OCH3 is 2. The van der Waals surface area contributed by atoms with Crippen molar-refractivity contribution in [2.24, 2.45) is 5.92 Å². The Morgan fingerprint density at radius 3 is 2.47 bits per heavy atom. The number of aliphatic hydroxyl groups is 1. The van der Waals surface area contributed by atoms with Crippen LogP contribution >= 0.6 is 0 Å². The second-order valence-corrected chi connectivity index (χ2v) is 5.24. The standard InChI is InChI=1S/C15H23NO3/c1-15(17,11-6-8-16-9-7-11)13-5-4-12(18-2)10-14(13)19-3/h4-5,10-11,16-17H,6-9H2,1-3H3. The minimum Gasteiger partial charge on any atom is -0.497 e. The molecule has 1 aliphatic rings. The van der Waals surface area contributed by atoms with E-state index in [1.165, 1.54) is 0 Å². The van der Waals surface area contributed by atoms with Crippen LogP contribution in [0.4, 0.5) is 0 Å². The zero-order chi connectivity index (χ0) is 13.9. The molecule has 0 aliphatic carbocycles. The van der Waals surface area contributed by atoms with Crippen LogP contribution in [-0.2, 0) is 5.60 Å².